The van der Waals surface area contributed by atoms with Crippen LogP contribution < -0.4 is 9.64 Å². The van der Waals surface area contributed by atoms with Crippen LogP contribution in [0.1, 0.15) is 26.4 Å². The van der Waals surface area contributed by atoms with E-state index < -0.39 is 0 Å². The topological polar surface area (TPSA) is 53.0 Å². The largest absolute Gasteiger partial charge is 0.507 e. The number of nitrogens with zero attached hydrogens (tertiary/aromatic N) is 2. The lowest BCUT2D eigenvalue weighted by Gasteiger charge is -2.36. The number of Topliss-reactive ketones (excluding diaryl/α,β-unsaturated/α-hetero) is 1. The molecular formula is C25H23FN2O3S. The highest BCUT2D eigenvalue weighted by atomic mass is 32.1. The van der Waals surface area contributed by atoms with Gasteiger partial charge in [-0.25, -0.2) is 4.39 Å². The van der Waals surface area contributed by atoms with Crippen LogP contribution in [0, 0.1) is 12.7 Å². The van der Waals surface area contributed by atoms with Gasteiger partial charge in [-0.2, -0.15) is 0 Å². The van der Waals surface area contributed by atoms with E-state index in [9.17, 15) is 14.3 Å². The van der Waals surface area contributed by atoms with Gasteiger partial charge in [0.25, 0.3) is 0 Å². The lowest BCUT2D eigenvalue weighted by molar-refractivity contribution is 0.101. The van der Waals surface area contributed by atoms with E-state index in [-0.39, 0.29) is 23.1 Å². The molecule has 5 rings (SSSR count). The highest BCUT2D eigenvalue weighted by molar-refractivity contribution is 7.10. The second-order valence-electron chi connectivity index (χ2n) is 8.07. The Morgan fingerprint density at radius 2 is 1.94 bits per heavy atom. The smallest absolute Gasteiger partial charge is 0.232 e. The van der Waals surface area contributed by atoms with Crippen LogP contribution in [0.25, 0.3) is 6.08 Å². The molecule has 0 radical (unpaired) electrons. The minimum Gasteiger partial charge on any atom is -0.507 e. The highest BCUT2D eigenvalue weighted by Crippen LogP contribution is 2.42. The molecule has 3 heterocycles. The first kappa shape index (κ1) is 20.7. The maximum Gasteiger partial charge on any atom is 0.232 e. The number of anilines is 1. The summed E-state index contributed by atoms with van der Waals surface area (Å²) in [4.78, 5) is 18.2. The summed E-state index contributed by atoms with van der Waals surface area (Å²) in [5, 5.41) is 12.6. The number of hydrogen-bond acceptors (Lipinski definition) is 6. The number of piperazine rings is 1. The Morgan fingerprint density at radius 3 is 2.66 bits per heavy atom. The number of thiophene rings is 1. The molecule has 1 saturated heterocycles. The van der Waals surface area contributed by atoms with Gasteiger partial charge >= 0.3 is 0 Å². The number of ketones is 1. The first-order valence-corrected chi connectivity index (χ1v) is 11.4. The number of hydrogen-bond donors (Lipinski definition) is 1. The third kappa shape index (κ3) is 3.78. The summed E-state index contributed by atoms with van der Waals surface area (Å²) >= 11 is 1.53. The van der Waals surface area contributed by atoms with Gasteiger partial charge in [0.1, 0.15) is 17.3 Å². The summed E-state index contributed by atoms with van der Waals surface area (Å²) in [5.74, 6) is 0.486. The molecule has 2 aliphatic rings. The number of halogens is 1. The zero-order chi connectivity index (χ0) is 22.2. The molecule has 0 bridgehead atoms. The van der Waals surface area contributed by atoms with Gasteiger partial charge in [-0.15, -0.1) is 11.3 Å². The van der Waals surface area contributed by atoms with Gasteiger partial charge in [-0.3, -0.25) is 9.69 Å². The fourth-order valence-corrected chi connectivity index (χ4v) is 4.96. The van der Waals surface area contributed by atoms with E-state index in [2.05, 4.69) is 4.90 Å². The predicted molar refractivity (Wildman–Crippen MR) is 124 cm³/mol. The SMILES string of the molecule is Cc1cc(O)c(CN2CCN(c3ccccc3F)CC2)c2c1C(=O)/C(=C/c1cccs1)O2. The third-order valence-corrected chi connectivity index (χ3v) is 6.80. The summed E-state index contributed by atoms with van der Waals surface area (Å²) in [6, 6.07) is 12.3. The van der Waals surface area contributed by atoms with E-state index in [0.717, 1.165) is 4.88 Å². The zero-order valence-electron chi connectivity index (χ0n) is 17.7. The Bertz CT molecular complexity index is 1200. The van der Waals surface area contributed by atoms with E-state index >= 15 is 0 Å². The van der Waals surface area contributed by atoms with Crippen molar-refractivity contribution in [3.63, 3.8) is 0 Å². The Kier molecular flexibility index (Phi) is 5.45. The van der Waals surface area contributed by atoms with Gasteiger partial charge in [0.05, 0.1) is 16.8 Å². The Labute approximate surface area is 190 Å². The maximum absolute atomic E-state index is 14.1. The van der Waals surface area contributed by atoms with Gasteiger partial charge in [0, 0.05) is 43.7 Å². The third-order valence-electron chi connectivity index (χ3n) is 5.98. The van der Waals surface area contributed by atoms with Crippen LogP contribution in [-0.2, 0) is 6.54 Å². The van der Waals surface area contributed by atoms with Crippen molar-refractivity contribution in [2.45, 2.75) is 13.5 Å². The van der Waals surface area contributed by atoms with Crippen molar-refractivity contribution < 1.29 is 19.0 Å². The summed E-state index contributed by atoms with van der Waals surface area (Å²) < 4.78 is 20.1. The number of allylic oxidation sites excluding steroid dienone is 1. The van der Waals surface area contributed by atoms with Crippen LogP contribution in [-0.4, -0.2) is 42.0 Å². The van der Waals surface area contributed by atoms with Crippen LogP contribution in [0.15, 0.2) is 53.6 Å². The number of aryl methyl sites for hydroxylation is 1. The Balaban J connectivity index is 1.36. The number of para-hydroxylation sites is 1. The second kappa shape index (κ2) is 8.41. The number of carbonyl (C=O) groups is 1. The normalized spacial score (nSPS) is 17.6. The van der Waals surface area contributed by atoms with Crippen molar-refractivity contribution in [3.05, 3.63) is 81.0 Å². The maximum atomic E-state index is 14.1. The molecule has 1 N–H and O–H groups in total. The first-order valence-electron chi connectivity index (χ1n) is 10.6. The molecule has 0 unspecified atom stereocenters. The molecule has 32 heavy (non-hydrogen) atoms. The van der Waals surface area contributed by atoms with Crippen LogP contribution >= 0.6 is 11.3 Å². The molecule has 0 aliphatic carbocycles. The number of benzene rings is 2. The zero-order valence-corrected chi connectivity index (χ0v) is 18.5. The van der Waals surface area contributed by atoms with E-state index in [0.29, 0.717) is 60.9 Å². The molecule has 7 heteroatoms. The van der Waals surface area contributed by atoms with Crippen molar-refractivity contribution in [3.8, 4) is 11.5 Å². The lowest BCUT2D eigenvalue weighted by atomic mass is 9.99. The van der Waals surface area contributed by atoms with Gasteiger partial charge in [-0.1, -0.05) is 18.2 Å². The molecule has 2 aromatic carbocycles. The first-order chi connectivity index (χ1) is 15.5. The van der Waals surface area contributed by atoms with Crippen molar-refractivity contribution in [1.82, 2.24) is 4.90 Å². The monoisotopic (exact) mass is 450 g/mol. The molecule has 1 aromatic heterocycles. The van der Waals surface area contributed by atoms with Crippen molar-refractivity contribution in [2.24, 2.45) is 0 Å². The summed E-state index contributed by atoms with van der Waals surface area (Å²) in [5.41, 5.74) is 2.45. The molecule has 164 valence electrons. The van der Waals surface area contributed by atoms with E-state index in [1.165, 1.54) is 17.4 Å². The van der Waals surface area contributed by atoms with Gasteiger partial charge < -0.3 is 14.7 Å². The second-order valence-corrected chi connectivity index (χ2v) is 9.04. The minimum atomic E-state index is -0.216. The average molecular weight is 451 g/mol. The summed E-state index contributed by atoms with van der Waals surface area (Å²) in [6.45, 7) is 5.05. The molecule has 1 fully saturated rings. The number of phenolic OH excluding ortho intramolecular Hbond substituents is 1. The molecule has 3 aromatic rings. The van der Waals surface area contributed by atoms with Crippen LogP contribution in [0.4, 0.5) is 10.1 Å². The van der Waals surface area contributed by atoms with E-state index in [1.807, 2.05) is 35.4 Å². The van der Waals surface area contributed by atoms with E-state index in [1.54, 1.807) is 24.3 Å². The highest BCUT2D eigenvalue weighted by Gasteiger charge is 2.34. The quantitative estimate of drug-likeness (QED) is 0.577. The standard InChI is InChI=1S/C25H23FN2O3S/c1-16-13-21(29)18(25-23(16)24(30)22(31-25)14-17-5-4-12-32-17)15-27-8-10-28(11-9-27)20-7-3-2-6-19(20)26/h2-7,12-14,29H,8-11,15H2,1H3/b22-14-. The minimum absolute atomic E-state index is 0.128. The number of fused-ring (bicyclic) bond motifs is 1. The number of carbonyl (C=O) groups excluding carboxylic acids is 1. The summed E-state index contributed by atoms with van der Waals surface area (Å²) in [7, 11) is 0. The molecule has 0 atom stereocenters. The number of ether oxygens (including phenoxy) is 1. The lowest BCUT2D eigenvalue weighted by Crippen LogP contribution is -2.46. The van der Waals surface area contributed by atoms with Gasteiger partial charge in [0.15, 0.2) is 5.76 Å². The fourth-order valence-electron chi connectivity index (χ4n) is 4.31. The van der Waals surface area contributed by atoms with E-state index in [4.69, 9.17) is 4.74 Å². The van der Waals surface area contributed by atoms with Crippen molar-refractivity contribution in [2.75, 3.05) is 31.1 Å². The van der Waals surface area contributed by atoms with Crippen LogP contribution in [0.2, 0.25) is 0 Å². The summed E-state index contributed by atoms with van der Waals surface area (Å²) in [6.07, 6.45) is 1.75. The van der Waals surface area contributed by atoms with Crippen LogP contribution in [0.3, 0.4) is 0 Å². The molecule has 0 amide bonds. The predicted octanol–water partition coefficient (Wildman–Crippen LogP) is 4.84. The van der Waals surface area contributed by atoms with Gasteiger partial charge in [-0.05, 0) is 42.1 Å². The van der Waals surface area contributed by atoms with Gasteiger partial charge in [0.2, 0.25) is 5.78 Å². The molecular weight excluding hydrogens is 427 g/mol. The molecule has 0 spiro atoms. The van der Waals surface area contributed by atoms with Crippen LogP contribution in [0.5, 0.6) is 11.5 Å². The Morgan fingerprint density at radius 1 is 1.16 bits per heavy atom. The average Bonchev–Trinajstić information content (AvgIpc) is 3.41. The number of rotatable bonds is 4. The molecule has 0 saturated carbocycles. The molecule has 5 nitrogen and oxygen atoms in total. The number of aromatic hydroxyl groups is 1. The molecule has 2 aliphatic heterocycles. The van der Waals surface area contributed by atoms with Crippen molar-refractivity contribution in [1.29, 1.82) is 0 Å². The number of phenols is 1. The Hall–Kier alpha value is -3.16. The van der Waals surface area contributed by atoms with Crippen molar-refractivity contribution >= 4 is 28.9 Å². The fraction of sp³-hybridized carbons (Fsp3) is 0.240.